The number of benzene rings is 1. The van der Waals surface area contributed by atoms with E-state index in [1.54, 1.807) is 0 Å². The lowest BCUT2D eigenvalue weighted by Gasteiger charge is -2.26. The molecule has 0 bridgehead atoms. The Labute approximate surface area is 151 Å². The van der Waals surface area contributed by atoms with Crippen LogP contribution in [0, 0.1) is 6.92 Å². The number of aliphatic imine (C=N–C) groups is 1. The second-order valence-corrected chi connectivity index (χ2v) is 6.83. The monoisotopic (exact) mass is 344 g/mol. The Bertz CT molecular complexity index is 562. The number of hydrogen-bond acceptors (Lipinski definition) is 2. The molecule has 138 valence electrons. The molecule has 1 heterocycles. The van der Waals surface area contributed by atoms with Crippen LogP contribution >= 0.6 is 0 Å². The summed E-state index contributed by atoms with van der Waals surface area (Å²) in [4.78, 5) is 18.7. The highest BCUT2D eigenvalue weighted by atomic mass is 16.2. The fraction of sp³-hybridized carbons (Fsp3) is 0.600. The molecule has 1 unspecified atom stereocenters. The number of nitrogens with zero attached hydrogens (tertiary/aromatic N) is 2. The fourth-order valence-corrected chi connectivity index (χ4v) is 2.99. The first-order valence-electron chi connectivity index (χ1n) is 9.46. The van der Waals surface area contributed by atoms with Crippen molar-refractivity contribution in [3.63, 3.8) is 0 Å². The van der Waals surface area contributed by atoms with Crippen molar-refractivity contribution in [3.8, 4) is 0 Å². The Balaban J connectivity index is 1.86. The number of carbonyl (C=O) groups excluding carboxylic acids is 1. The Morgan fingerprint density at radius 1 is 1.16 bits per heavy atom. The van der Waals surface area contributed by atoms with Crippen LogP contribution < -0.4 is 10.6 Å². The summed E-state index contributed by atoms with van der Waals surface area (Å²) < 4.78 is 0. The van der Waals surface area contributed by atoms with Gasteiger partial charge in [0.2, 0.25) is 5.91 Å². The topological polar surface area (TPSA) is 56.7 Å². The van der Waals surface area contributed by atoms with Crippen LogP contribution in [0.15, 0.2) is 29.3 Å². The minimum absolute atomic E-state index is 0.128. The summed E-state index contributed by atoms with van der Waals surface area (Å²) in [6, 6.07) is 8.63. The van der Waals surface area contributed by atoms with E-state index in [9.17, 15) is 4.79 Å². The van der Waals surface area contributed by atoms with Crippen molar-refractivity contribution in [1.29, 1.82) is 0 Å². The first-order valence-corrected chi connectivity index (χ1v) is 9.46. The van der Waals surface area contributed by atoms with E-state index >= 15 is 0 Å². The number of nitrogens with one attached hydrogen (secondary N) is 2. The maximum Gasteiger partial charge on any atom is 0.244 e. The number of hydrogen-bond donors (Lipinski definition) is 2. The molecule has 1 aromatic carbocycles. The van der Waals surface area contributed by atoms with Gasteiger partial charge in [-0.25, -0.2) is 4.99 Å². The van der Waals surface area contributed by atoms with Crippen LogP contribution in [-0.4, -0.2) is 49.5 Å². The lowest BCUT2D eigenvalue weighted by atomic mass is 10.0. The highest BCUT2D eigenvalue weighted by Gasteiger charge is 2.16. The minimum Gasteiger partial charge on any atom is -0.357 e. The zero-order chi connectivity index (χ0) is 18.1. The minimum atomic E-state index is 0.128. The highest BCUT2D eigenvalue weighted by Crippen LogP contribution is 2.14. The third-order valence-corrected chi connectivity index (χ3v) is 4.65. The molecule has 0 saturated carbocycles. The van der Waals surface area contributed by atoms with E-state index < -0.39 is 0 Å². The van der Waals surface area contributed by atoms with Crippen molar-refractivity contribution in [2.24, 2.45) is 4.99 Å². The fourth-order valence-electron chi connectivity index (χ4n) is 2.99. The van der Waals surface area contributed by atoms with E-state index in [4.69, 9.17) is 0 Å². The molecule has 1 aromatic rings. The van der Waals surface area contributed by atoms with Gasteiger partial charge in [-0.15, -0.1) is 0 Å². The maximum absolute atomic E-state index is 12.3. The molecule has 0 spiro atoms. The number of piperidine rings is 1. The van der Waals surface area contributed by atoms with Crippen molar-refractivity contribution in [3.05, 3.63) is 35.4 Å². The first-order chi connectivity index (χ1) is 12.1. The Kier molecular flexibility index (Phi) is 7.76. The maximum atomic E-state index is 12.3. The molecule has 1 atom stereocenters. The molecule has 25 heavy (non-hydrogen) atoms. The predicted molar refractivity (Wildman–Crippen MR) is 104 cm³/mol. The van der Waals surface area contributed by atoms with Gasteiger partial charge in [0.05, 0.1) is 0 Å². The average Bonchev–Trinajstić information content (AvgIpc) is 2.64. The second kappa shape index (κ2) is 10.1. The predicted octanol–water partition coefficient (Wildman–Crippen LogP) is 2.67. The SMILES string of the molecule is CCNC(=NCC(=O)N1CCCCC1)NCC(C)c1ccc(C)cc1. The van der Waals surface area contributed by atoms with Gasteiger partial charge < -0.3 is 15.5 Å². The summed E-state index contributed by atoms with van der Waals surface area (Å²) in [5.74, 6) is 1.22. The summed E-state index contributed by atoms with van der Waals surface area (Å²) in [7, 11) is 0. The third-order valence-electron chi connectivity index (χ3n) is 4.65. The molecule has 5 nitrogen and oxygen atoms in total. The van der Waals surface area contributed by atoms with E-state index in [1.165, 1.54) is 17.5 Å². The Hall–Kier alpha value is -2.04. The van der Waals surface area contributed by atoms with Gasteiger partial charge in [-0.1, -0.05) is 36.8 Å². The van der Waals surface area contributed by atoms with Crippen molar-refractivity contribution < 1.29 is 4.79 Å². The lowest BCUT2D eigenvalue weighted by Crippen LogP contribution is -2.41. The molecule has 1 fully saturated rings. The molecule has 2 rings (SSSR count). The molecular formula is C20H32N4O. The normalized spacial score (nSPS) is 16.4. The summed E-state index contributed by atoms with van der Waals surface area (Å²) >= 11 is 0. The largest absolute Gasteiger partial charge is 0.357 e. The summed E-state index contributed by atoms with van der Waals surface area (Å²) in [5, 5.41) is 6.58. The molecule has 5 heteroatoms. The third kappa shape index (κ3) is 6.40. The zero-order valence-corrected chi connectivity index (χ0v) is 15.8. The Morgan fingerprint density at radius 2 is 1.84 bits per heavy atom. The molecule has 1 saturated heterocycles. The van der Waals surface area contributed by atoms with Crippen LogP contribution in [0.5, 0.6) is 0 Å². The Morgan fingerprint density at radius 3 is 2.48 bits per heavy atom. The van der Waals surface area contributed by atoms with Crippen LogP contribution in [0.4, 0.5) is 0 Å². The van der Waals surface area contributed by atoms with Crippen LogP contribution in [0.25, 0.3) is 0 Å². The standard InChI is InChI=1S/C20H32N4O/c1-4-21-20(23-15-19(25)24-12-6-5-7-13-24)22-14-17(3)18-10-8-16(2)9-11-18/h8-11,17H,4-7,12-15H2,1-3H3,(H2,21,22,23). The van der Waals surface area contributed by atoms with Crippen molar-refractivity contribution in [2.45, 2.75) is 46.0 Å². The van der Waals surface area contributed by atoms with E-state index in [2.05, 4.69) is 53.7 Å². The molecule has 1 aliphatic heterocycles. The van der Waals surface area contributed by atoms with Gasteiger partial charge in [-0.05, 0) is 44.6 Å². The van der Waals surface area contributed by atoms with Crippen LogP contribution in [-0.2, 0) is 4.79 Å². The highest BCUT2D eigenvalue weighted by molar-refractivity contribution is 5.85. The lowest BCUT2D eigenvalue weighted by molar-refractivity contribution is -0.130. The smallest absolute Gasteiger partial charge is 0.244 e. The summed E-state index contributed by atoms with van der Waals surface area (Å²) in [5.41, 5.74) is 2.58. The molecule has 1 aliphatic rings. The van der Waals surface area contributed by atoms with Gasteiger partial charge in [-0.2, -0.15) is 0 Å². The van der Waals surface area contributed by atoms with Crippen molar-refractivity contribution in [2.75, 3.05) is 32.7 Å². The van der Waals surface area contributed by atoms with Crippen LogP contribution in [0.2, 0.25) is 0 Å². The van der Waals surface area contributed by atoms with E-state index in [-0.39, 0.29) is 12.5 Å². The van der Waals surface area contributed by atoms with Crippen LogP contribution in [0.3, 0.4) is 0 Å². The van der Waals surface area contributed by atoms with Crippen LogP contribution in [0.1, 0.15) is 50.2 Å². The molecule has 0 aliphatic carbocycles. The zero-order valence-electron chi connectivity index (χ0n) is 15.8. The van der Waals surface area contributed by atoms with Gasteiger partial charge in [0, 0.05) is 26.2 Å². The summed E-state index contributed by atoms with van der Waals surface area (Å²) in [6.07, 6.45) is 3.46. The van der Waals surface area contributed by atoms with E-state index in [0.29, 0.717) is 11.9 Å². The molecule has 2 N–H and O–H groups in total. The summed E-state index contributed by atoms with van der Waals surface area (Å²) in [6.45, 7) is 9.87. The molecule has 0 radical (unpaired) electrons. The number of amides is 1. The number of guanidine groups is 1. The number of rotatable bonds is 6. The van der Waals surface area contributed by atoms with Gasteiger partial charge in [0.1, 0.15) is 6.54 Å². The quantitative estimate of drug-likeness (QED) is 0.616. The van der Waals surface area contributed by atoms with E-state index in [0.717, 1.165) is 39.0 Å². The van der Waals surface area contributed by atoms with Gasteiger partial charge in [0.15, 0.2) is 5.96 Å². The van der Waals surface area contributed by atoms with Crippen molar-refractivity contribution in [1.82, 2.24) is 15.5 Å². The average molecular weight is 345 g/mol. The van der Waals surface area contributed by atoms with Crippen molar-refractivity contribution >= 4 is 11.9 Å². The van der Waals surface area contributed by atoms with Gasteiger partial charge in [-0.3, -0.25) is 4.79 Å². The second-order valence-electron chi connectivity index (χ2n) is 6.83. The van der Waals surface area contributed by atoms with Gasteiger partial charge in [0.25, 0.3) is 0 Å². The number of aryl methyl sites for hydroxylation is 1. The first kappa shape index (κ1) is 19.3. The molecular weight excluding hydrogens is 312 g/mol. The van der Waals surface area contributed by atoms with E-state index in [1.807, 2.05) is 11.8 Å². The van der Waals surface area contributed by atoms with Gasteiger partial charge >= 0.3 is 0 Å². The molecule has 1 amide bonds. The number of likely N-dealkylation sites (tertiary alicyclic amines) is 1. The number of carbonyl (C=O) groups is 1. The molecule has 0 aromatic heterocycles.